The van der Waals surface area contributed by atoms with Gasteiger partial charge in [0, 0.05) is 8.04 Å². The van der Waals surface area contributed by atoms with Crippen molar-refractivity contribution in [1.82, 2.24) is 0 Å². The summed E-state index contributed by atoms with van der Waals surface area (Å²) in [7, 11) is 1.33. The first-order valence-electron chi connectivity index (χ1n) is 3.39. The quantitative estimate of drug-likeness (QED) is 0.478. The third-order valence-corrected chi connectivity index (χ3v) is 2.85. The molecule has 0 aliphatic heterocycles. The number of carbonyl (C=O) groups is 1. The fraction of sp³-hybridized carbons (Fsp3) is 0.125. The van der Waals surface area contributed by atoms with Crippen LogP contribution >= 0.6 is 38.5 Å². The van der Waals surface area contributed by atoms with E-state index in [1.165, 1.54) is 7.11 Å². The number of methoxy groups -OCH3 is 1. The van der Waals surface area contributed by atoms with Gasteiger partial charge in [0.1, 0.15) is 0 Å². The number of hydrogen-bond donors (Lipinski definition) is 1. The van der Waals surface area contributed by atoms with E-state index < -0.39 is 5.97 Å². The third kappa shape index (κ3) is 2.34. The maximum atomic E-state index is 11.2. The topological polar surface area (TPSA) is 52.3 Å². The number of carbonyl (C=O) groups excluding carboxylic acids is 1. The van der Waals surface area contributed by atoms with Gasteiger partial charge >= 0.3 is 5.97 Å². The van der Waals surface area contributed by atoms with Crippen LogP contribution in [0.1, 0.15) is 10.4 Å². The molecule has 1 aromatic carbocycles. The number of benzene rings is 1. The molecule has 0 aliphatic carbocycles. The Hall–Kier alpha value is -0.300. The first kappa shape index (κ1) is 10.8. The molecule has 1 aromatic rings. The minimum atomic E-state index is -0.420. The smallest absolute Gasteiger partial charge is 0.340 e. The Bertz CT molecular complexity index is 354. The standard InChI is InChI=1S/C8H7BrINO2/c1-13-8(12)5-2-4(9)3-6(10)7(5)11/h2-3H,11H2,1H3. The highest BCUT2D eigenvalue weighted by molar-refractivity contribution is 14.1. The lowest BCUT2D eigenvalue weighted by Crippen LogP contribution is -2.06. The summed E-state index contributed by atoms with van der Waals surface area (Å²) >= 11 is 5.34. The summed E-state index contributed by atoms with van der Waals surface area (Å²) in [6.45, 7) is 0. The lowest BCUT2D eigenvalue weighted by atomic mass is 10.2. The molecule has 0 aliphatic rings. The molecule has 13 heavy (non-hydrogen) atoms. The molecule has 2 N–H and O–H groups in total. The zero-order valence-electron chi connectivity index (χ0n) is 6.80. The predicted molar refractivity (Wildman–Crippen MR) is 62.6 cm³/mol. The van der Waals surface area contributed by atoms with Gasteiger partial charge in [0.05, 0.1) is 18.4 Å². The van der Waals surface area contributed by atoms with Crippen molar-refractivity contribution in [3.8, 4) is 0 Å². The summed E-state index contributed by atoms with van der Waals surface area (Å²) in [4.78, 5) is 11.2. The highest BCUT2D eigenvalue weighted by Crippen LogP contribution is 2.25. The van der Waals surface area contributed by atoms with Crippen molar-refractivity contribution in [1.29, 1.82) is 0 Å². The summed E-state index contributed by atoms with van der Waals surface area (Å²) in [5.41, 5.74) is 6.54. The lowest BCUT2D eigenvalue weighted by Gasteiger charge is -2.05. The first-order valence-corrected chi connectivity index (χ1v) is 5.26. The van der Waals surface area contributed by atoms with E-state index in [4.69, 9.17) is 5.73 Å². The van der Waals surface area contributed by atoms with Gasteiger partial charge in [-0.25, -0.2) is 4.79 Å². The number of nitrogen functional groups attached to an aromatic ring is 1. The second kappa shape index (κ2) is 4.28. The fourth-order valence-corrected chi connectivity index (χ4v) is 2.38. The van der Waals surface area contributed by atoms with Gasteiger partial charge in [0.2, 0.25) is 0 Å². The number of anilines is 1. The highest BCUT2D eigenvalue weighted by atomic mass is 127. The zero-order valence-corrected chi connectivity index (χ0v) is 10.5. The largest absolute Gasteiger partial charge is 0.465 e. The van der Waals surface area contributed by atoms with Crippen molar-refractivity contribution in [2.24, 2.45) is 0 Å². The molecule has 0 aromatic heterocycles. The van der Waals surface area contributed by atoms with E-state index in [2.05, 4.69) is 43.3 Å². The van der Waals surface area contributed by atoms with Crippen LogP contribution in [0.15, 0.2) is 16.6 Å². The Morgan fingerprint density at radius 3 is 2.77 bits per heavy atom. The Morgan fingerprint density at radius 1 is 1.62 bits per heavy atom. The van der Waals surface area contributed by atoms with E-state index in [0.29, 0.717) is 11.3 Å². The van der Waals surface area contributed by atoms with E-state index in [-0.39, 0.29) is 0 Å². The molecule has 0 fully saturated rings. The molecular weight excluding hydrogens is 349 g/mol. The van der Waals surface area contributed by atoms with Crippen molar-refractivity contribution in [3.05, 3.63) is 25.7 Å². The predicted octanol–water partition coefficient (Wildman–Crippen LogP) is 2.42. The van der Waals surface area contributed by atoms with Gasteiger partial charge in [-0.1, -0.05) is 15.9 Å². The Morgan fingerprint density at radius 2 is 2.23 bits per heavy atom. The maximum Gasteiger partial charge on any atom is 0.340 e. The third-order valence-electron chi connectivity index (χ3n) is 1.50. The van der Waals surface area contributed by atoms with Crippen LogP contribution in [-0.2, 0) is 4.74 Å². The van der Waals surface area contributed by atoms with Gasteiger partial charge in [0.25, 0.3) is 0 Å². The van der Waals surface area contributed by atoms with Gasteiger partial charge in [-0.05, 0) is 34.7 Å². The molecule has 70 valence electrons. The number of hydrogen-bond acceptors (Lipinski definition) is 3. The molecule has 0 unspecified atom stereocenters. The molecule has 0 heterocycles. The molecule has 0 amide bonds. The molecule has 0 saturated heterocycles. The van der Waals surface area contributed by atoms with E-state index in [1.807, 2.05) is 6.07 Å². The van der Waals surface area contributed by atoms with E-state index in [1.54, 1.807) is 6.07 Å². The van der Waals surface area contributed by atoms with Crippen molar-refractivity contribution in [2.45, 2.75) is 0 Å². The van der Waals surface area contributed by atoms with Crippen molar-refractivity contribution < 1.29 is 9.53 Å². The molecule has 1 rings (SSSR count). The van der Waals surface area contributed by atoms with Crippen molar-refractivity contribution in [2.75, 3.05) is 12.8 Å². The average molecular weight is 356 g/mol. The molecule has 0 spiro atoms. The normalized spacial score (nSPS) is 9.77. The summed E-state index contributed by atoms with van der Waals surface area (Å²) in [5, 5.41) is 0. The van der Waals surface area contributed by atoms with Gasteiger partial charge in [-0.15, -0.1) is 0 Å². The van der Waals surface area contributed by atoms with Crippen LogP contribution in [0.25, 0.3) is 0 Å². The molecule has 0 bridgehead atoms. The van der Waals surface area contributed by atoms with E-state index in [9.17, 15) is 4.79 Å². The first-order chi connectivity index (χ1) is 6.06. The maximum absolute atomic E-state index is 11.2. The second-order valence-corrected chi connectivity index (χ2v) is 4.42. The number of ether oxygens (including phenoxy) is 1. The van der Waals surface area contributed by atoms with Crippen molar-refractivity contribution >= 4 is 50.2 Å². The minimum Gasteiger partial charge on any atom is -0.465 e. The summed E-state index contributed by atoms with van der Waals surface area (Å²) in [6, 6.07) is 3.48. The summed E-state index contributed by atoms with van der Waals surface area (Å²) in [6.07, 6.45) is 0. The van der Waals surface area contributed by atoms with Crippen LogP contribution < -0.4 is 5.73 Å². The second-order valence-electron chi connectivity index (χ2n) is 2.34. The molecule has 0 atom stereocenters. The lowest BCUT2D eigenvalue weighted by molar-refractivity contribution is 0.0602. The SMILES string of the molecule is COC(=O)c1cc(Br)cc(I)c1N. The van der Waals surface area contributed by atoms with Gasteiger partial charge in [-0.3, -0.25) is 0 Å². The minimum absolute atomic E-state index is 0.390. The molecule has 0 radical (unpaired) electrons. The Kier molecular flexibility index (Phi) is 3.55. The van der Waals surface area contributed by atoms with Crippen LogP contribution in [0.4, 0.5) is 5.69 Å². The number of esters is 1. The van der Waals surface area contributed by atoms with Crippen LogP contribution in [0.5, 0.6) is 0 Å². The van der Waals surface area contributed by atoms with Crippen LogP contribution in [0, 0.1) is 3.57 Å². The Balaban J connectivity index is 3.28. The molecule has 5 heteroatoms. The van der Waals surface area contributed by atoms with Gasteiger partial charge < -0.3 is 10.5 Å². The molecule has 3 nitrogen and oxygen atoms in total. The fourth-order valence-electron chi connectivity index (χ4n) is 0.864. The van der Waals surface area contributed by atoms with E-state index >= 15 is 0 Å². The van der Waals surface area contributed by atoms with Crippen LogP contribution in [0.2, 0.25) is 0 Å². The Labute approximate surface area is 97.9 Å². The number of nitrogens with two attached hydrogens (primary N) is 1. The van der Waals surface area contributed by atoms with Crippen LogP contribution in [0.3, 0.4) is 0 Å². The summed E-state index contributed by atoms with van der Waals surface area (Å²) in [5.74, 6) is -0.420. The summed E-state index contributed by atoms with van der Waals surface area (Å²) < 4.78 is 6.22. The van der Waals surface area contributed by atoms with Gasteiger partial charge in [0.15, 0.2) is 0 Å². The average Bonchev–Trinajstić information content (AvgIpc) is 2.10. The molecule has 0 saturated carbocycles. The monoisotopic (exact) mass is 355 g/mol. The molecular formula is C8H7BrINO2. The van der Waals surface area contributed by atoms with E-state index in [0.717, 1.165) is 8.04 Å². The van der Waals surface area contributed by atoms with Crippen molar-refractivity contribution in [3.63, 3.8) is 0 Å². The number of rotatable bonds is 1. The number of halogens is 2. The zero-order chi connectivity index (χ0) is 10.0. The van der Waals surface area contributed by atoms with Crippen LogP contribution in [-0.4, -0.2) is 13.1 Å². The van der Waals surface area contributed by atoms with Gasteiger partial charge in [-0.2, -0.15) is 0 Å². The highest BCUT2D eigenvalue weighted by Gasteiger charge is 2.12.